The van der Waals surface area contributed by atoms with Crippen LogP contribution in [-0.4, -0.2) is 11.9 Å². The van der Waals surface area contributed by atoms with Gasteiger partial charge < -0.3 is 9.47 Å². The van der Waals surface area contributed by atoms with Crippen molar-refractivity contribution in [3.8, 4) is 0 Å². The van der Waals surface area contributed by atoms with Crippen molar-refractivity contribution < 1.29 is 19.1 Å². The molecule has 0 aromatic heterocycles. The number of carbonyl (C=O) groups is 2. The zero-order chi connectivity index (χ0) is 19.1. The van der Waals surface area contributed by atoms with Crippen LogP contribution in [-0.2, 0) is 9.47 Å². The summed E-state index contributed by atoms with van der Waals surface area (Å²) in [6.45, 7) is 0. The Kier molecular flexibility index (Phi) is 3.69. The largest absolute Gasteiger partial charge is 0.422 e. The Bertz CT molecular complexity index is 1080. The van der Waals surface area contributed by atoms with Crippen LogP contribution in [0.15, 0.2) is 72.8 Å². The van der Waals surface area contributed by atoms with Gasteiger partial charge in [-0.1, -0.05) is 60.7 Å². The zero-order valence-electron chi connectivity index (χ0n) is 14.7. The SMILES string of the molecule is O=C1O/C(=C\c2ccccc2)c2cc3c(cc21)/C(=C/c1ccccc1)OC3=O. The number of fused-ring (bicyclic) bond motifs is 2. The lowest BCUT2D eigenvalue weighted by Crippen LogP contribution is -1.97. The number of esters is 2. The predicted molar refractivity (Wildman–Crippen MR) is 106 cm³/mol. The van der Waals surface area contributed by atoms with Crippen LogP contribution < -0.4 is 0 Å². The summed E-state index contributed by atoms with van der Waals surface area (Å²) in [6.07, 6.45) is 3.58. The number of rotatable bonds is 2. The first-order valence-electron chi connectivity index (χ1n) is 8.86. The van der Waals surface area contributed by atoms with Crippen molar-refractivity contribution in [1.29, 1.82) is 0 Å². The van der Waals surface area contributed by atoms with Crippen molar-refractivity contribution in [3.63, 3.8) is 0 Å². The van der Waals surface area contributed by atoms with Crippen molar-refractivity contribution >= 4 is 35.6 Å². The fourth-order valence-corrected chi connectivity index (χ4v) is 3.38. The van der Waals surface area contributed by atoms with Gasteiger partial charge in [-0.15, -0.1) is 0 Å². The van der Waals surface area contributed by atoms with Gasteiger partial charge in [-0.05, 0) is 35.4 Å². The zero-order valence-corrected chi connectivity index (χ0v) is 14.7. The lowest BCUT2D eigenvalue weighted by atomic mass is 9.97. The summed E-state index contributed by atoms with van der Waals surface area (Å²) < 4.78 is 10.9. The van der Waals surface area contributed by atoms with Gasteiger partial charge in [0.1, 0.15) is 11.5 Å². The maximum absolute atomic E-state index is 12.4. The maximum atomic E-state index is 12.4. The van der Waals surface area contributed by atoms with Crippen LogP contribution in [0.2, 0.25) is 0 Å². The van der Waals surface area contributed by atoms with Gasteiger partial charge in [-0.25, -0.2) is 9.59 Å². The summed E-state index contributed by atoms with van der Waals surface area (Å²) in [4.78, 5) is 24.8. The fourth-order valence-electron chi connectivity index (χ4n) is 3.38. The highest BCUT2D eigenvalue weighted by Gasteiger charge is 2.34. The van der Waals surface area contributed by atoms with Gasteiger partial charge >= 0.3 is 11.9 Å². The highest BCUT2D eigenvalue weighted by Crippen LogP contribution is 2.39. The molecule has 0 unspecified atom stereocenters. The monoisotopic (exact) mass is 366 g/mol. The number of ether oxygens (including phenoxy) is 2. The highest BCUT2D eigenvalue weighted by molar-refractivity contribution is 6.12. The van der Waals surface area contributed by atoms with E-state index in [4.69, 9.17) is 9.47 Å². The quantitative estimate of drug-likeness (QED) is 0.598. The van der Waals surface area contributed by atoms with Crippen molar-refractivity contribution in [2.75, 3.05) is 0 Å². The third-order valence-electron chi connectivity index (χ3n) is 4.73. The number of hydrogen-bond donors (Lipinski definition) is 0. The topological polar surface area (TPSA) is 52.6 Å². The molecular weight excluding hydrogens is 352 g/mol. The van der Waals surface area contributed by atoms with E-state index in [0.717, 1.165) is 11.1 Å². The summed E-state index contributed by atoms with van der Waals surface area (Å²) in [6, 6.07) is 22.5. The molecular formula is C24H14O4. The number of carbonyl (C=O) groups excluding carboxylic acids is 2. The van der Waals surface area contributed by atoms with E-state index >= 15 is 0 Å². The van der Waals surface area contributed by atoms with E-state index in [1.54, 1.807) is 24.3 Å². The van der Waals surface area contributed by atoms with E-state index in [0.29, 0.717) is 33.8 Å². The molecule has 0 radical (unpaired) electrons. The molecule has 2 aliphatic heterocycles. The minimum atomic E-state index is -0.432. The van der Waals surface area contributed by atoms with Crippen molar-refractivity contribution in [1.82, 2.24) is 0 Å². The highest BCUT2D eigenvalue weighted by atomic mass is 16.5. The Balaban J connectivity index is 1.62. The molecule has 5 rings (SSSR count). The van der Waals surface area contributed by atoms with E-state index in [9.17, 15) is 9.59 Å². The summed E-state index contributed by atoms with van der Waals surface area (Å²) in [5.41, 5.74) is 3.88. The molecule has 3 aromatic rings. The lowest BCUT2D eigenvalue weighted by Gasteiger charge is -2.01. The van der Waals surface area contributed by atoms with Gasteiger partial charge in [0.15, 0.2) is 0 Å². The molecule has 0 N–H and O–H groups in total. The second-order valence-corrected chi connectivity index (χ2v) is 6.56. The summed E-state index contributed by atoms with van der Waals surface area (Å²) in [7, 11) is 0. The third-order valence-corrected chi connectivity index (χ3v) is 4.73. The van der Waals surface area contributed by atoms with Crippen LogP contribution in [0.4, 0.5) is 0 Å². The van der Waals surface area contributed by atoms with E-state index < -0.39 is 11.9 Å². The van der Waals surface area contributed by atoms with E-state index in [2.05, 4.69) is 0 Å². The normalized spacial score (nSPS) is 17.4. The molecule has 3 aromatic carbocycles. The van der Waals surface area contributed by atoms with Crippen LogP contribution in [0.25, 0.3) is 23.7 Å². The molecule has 4 nitrogen and oxygen atoms in total. The maximum Gasteiger partial charge on any atom is 0.344 e. The molecule has 0 amide bonds. The summed E-state index contributed by atoms with van der Waals surface area (Å²) >= 11 is 0. The lowest BCUT2D eigenvalue weighted by molar-refractivity contribution is 0.0708. The molecule has 2 heterocycles. The minimum Gasteiger partial charge on any atom is -0.422 e. The molecule has 0 atom stereocenters. The Labute approximate surface area is 161 Å². The molecule has 0 bridgehead atoms. The molecule has 4 heteroatoms. The second kappa shape index (κ2) is 6.35. The molecule has 0 fully saturated rings. The first-order valence-corrected chi connectivity index (χ1v) is 8.86. The van der Waals surface area contributed by atoms with Crippen LogP contribution >= 0.6 is 0 Å². The summed E-state index contributed by atoms with van der Waals surface area (Å²) in [5, 5.41) is 0. The van der Waals surface area contributed by atoms with Gasteiger partial charge in [0.2, 0.25) is 0 Å². The van der Waals surface area contributed by atoms with E-state index in [1.807, 2.05) is 60.7 Å². The fraction of sp³-hybridized carbons (Fsp3) is 0. The Morgan fingerprint density at radius 3 is 1.32 bits per heavy atom. The molecule has 0 spiro atoms. The van der Waals surface area contributed by atoms with E-state index in [1.165, 1.54) is 0 Å². The Hall–Kier alpha value is -3.92. The van der Waals surface area contributed by atoms with E-state index in [-0.39, 0.29) is 0 Å². The summed E-state index contributed by atoms with van der Waals surface area (Å²) in [5.74, 6) is 0.00126. The van der Waals surface area contributed by atoms with Gasteiger partial charge in [0.25, 0.3) is 0 Å². The van der Waals surface area contributed by atoms with Crippen LogP contribution in [0, 0.1) is 0 Å². The molecule has 0 saturated carbocycles. The van der Waals surface area contributed by atoms with Crippen molar-refractivity contribution in [3.05, 3.63) is 106 Å². The molecule has 0 saturated heterocycles. The van der Waals surface area contributed by atoms with Crippen LogP contribution in [0.5, 0.6) is 0 Å². The van der Waals surface area contributed by atoms with Crippen LogP contribution in [0.3, 0.4) is 0 Å². The molecule has 134 valence electrons. The standard InChI is InChI=1S/C24H14O4/c25-23-19-14-18-20(24(26)28-22(18)12-16-9-5-2-6-10-16)13-17(19)21(27-23)11-15-7-3-1-4-8-15/h1-14H/b21-11-,22-12-. The number of benzene rings is 3. The number of cyclic esters (lactones) is 2. The van der Waals surface area contributed by atoms with Gasteiger partial charge in [-0.2, -0.15) is 0 Å². The third kappa shape index (κ3) is 2.72. The molecule has 0 aliphatic carbocycles. The minimum absolute atomic E-state index is 0.429. The average Bonchev–Trinajstić information content (AvgIpc) is 3.19. The average molecular weight is 366 g/mol. The van der Waals surface area contributed by atoms with Gasteiger partial charge in [-0.3, -0.25) is 0 Å². The molecule has 28 heavy (non-hydrogen) atoms. The van der Waals surface area contributed by atoms with Crippen LogP contribution in [0.1, 0.15) is 43.0 Å². The predicted octanol–water partition coefficient (Wildman–Crippen LogP) is 5.02. The second-order valence-electron chi connectivity index (χ2n) is 6.56. The van der Waals surface area contributed by atoms with Crippen molar-refractivity contribution in [2.24, 2.45) is 0 Å². The first kappa shape index (κ1) is 16.3. The van der Waals surface area contributed by atoms with Gasteiger partial charge in [0, 0.05) is 11.1 Å². The number of hydrogen-bond acceptors (Lipinski definition) is 4. The van der Waals surface area contributed by atoms with Gasteiger partial charge in [0.05, 0.1) is 11.1 Å². The Morgan fingerprint density at radius 2 is 0.929 bits per heavy atom. The first-order chi connectivity index (χ1) is 13.7. The Morgan fingerprint density at radius 1 is 0.536 bits per heavy atom. The smallest absolute Gasteiger partial charge is 0.344 e. The van der Waals surface area contributed by atoms with Crippen molar-refractivity contribution in [2.45, 2.75) is 0 Å². The molecule has 2 aliphatic rings.